The lowest BCUT2D eigenvalue weighted by atomic mass is 10.1. The zero-order valence-corrected chi connectivity index (χ0v) is 18.3. The maximum Gasteiger partial charge on any atom is 0.275 e. The molecule has 3 aromatic heterocycles. The van der Waals surface area contributed by atoms with Crippen LogP contribution >= 0.6 is 0 Å². The van der Waals surface area contributed by atoms with Gasteiger partial charge in [-0.2, -0.15) is 4.98 Å². The zero-order chi connectivity index (χ0) is 23.9. The van der Waals surface area contributed by atoms with E-state index >= 15 is 0 Å². The third-order valence-corrected chi connectivity index (χ3v) is 4.94. The highest BCUT2D eigenvalue weighted by Gasteiger charge is 2.22. The molecule has 0 aliphatic heterocycles. The Labute approximate surface area is 195 Å². The fourth-order valence-corrected chi connectivity index (χ4v) is 3.25. The third kappa shape index (κ3) is 4.96. The van der Waals surface area contributed by atoms with Crippen LogP contribution in [0.25, 0.3) is 17.0 Å². The highest BCUT2D eigenvalue weighted by Crippen LogP contribution is 2.18. The van der Waals surface area contributed by atoms with E-state index < -0.39 is 11.8 Å². The van der Waals surface area contributed by atoms with Gasteiger partial charge in [0.2, 0.25) is 5.78 Å². The van der Waals surface area contributed by atoms with Crippen LogP contribution in [0.4, 0.5) is 5.82 Å². The predicted octanol–water partition coefficient (Wildman–Crippen LogP) is 1.96. The van der Waals surface area contributed by atoms with Crippen molar-refractivity contribution < 1.29 is 9.59 Å². The standard InChI is InChI=1S/C24H22N8O2/c1-26-21(18(13-25)22(33)28-14-16-7-10-27-11-8-16)23(34)30-20-9-12-32-15-19(29-24(32)31-20)17-5-3-2-4-6-17/h2-13,15H,14,25H2,1H3,(H,28,33)(H,29,30,31,34). The second kappa shape index (κ2) is 10.2. The molecule has 10 nitrogen and oxygen atoms in total. The van der Waals surface area contributed by atoms with Crippen molar-refractivity contribution in [2.45, 2.75) is 6.54 Å². The largest absolute Gasteiger partial charge is 0.404 e. The molecule has 0 aliphatic carbocycles. The number of hydrogen-bond donors (Lipinski definition) is 3. The molecular formula is C24H22N8O2. The van der Waals surface area contributed by atoms with E-state index in [2.05, 4.69) is 30.6 Å². The van der Waals surface area contributed by atoms with Crippen LogP contribution in [0, 0.1) is 0 Å². The lowest BCUT2D eigenvalue weighted by Gasteiger charge is -2.11. The second-order valence-electron chi connectivity index (χ2n) is 7.16. The Morgan fingerprint density at radius 2 is 1.82 bits per heavy atom. The van der Waals surface area contributed by atoms with E-state index in [1.54, 1.807) is 41.2 Å². The van der Waals surface area contributed by atoms with Crippen molar-refractivity contribution in [3.63, 3.8) is 0 Å². The van der Waals surface area contributed by atoms with Crippen molar-refractivity contribution in [2.24, 2.45) is 10.7 Å². The van der Waals surface area contributed by atoms with Gasteiger partial charge in [-0.3, -0.25) is 24.0 Å². The monoisotopic (exact) mass is 454 g/mol. The summed E-state index contributed by atoms with van der Waals surface area (Å²) in [6, 6.07) is 14.9. The lowest BCUT2D eigenvalue weighted by Crippen LogP contribution is -2.34. The first-order chi connectivity index (χ1) is 16.6. The SMILES string of the molecule is CN=C(C(=O)Nc1ccn2cc(-c3ccccc3)nc2n1)C(=CN)C(=O)NCc1ccncc1. The Kier molecular flexibility index (Phi) is 6.68. The first kappa shape index (κ1) is 22.3. The molecule has 0 atom stereocenters. The second-order valence-corrected chi connectivity index (χ2v) is 7.16. The van der Waals surface area contributed by atoms with Crippen molar-refractivity contribution in [3.8, 4) is 11.3 Å². The van der Waals surface area contributed by atoms with E-state index in [1.807, 2.05) is 36.5 Å². The Hall–Kier alpha value is -4.86. The fourth-order valence-electron chi connectivity index (χ4n) is 3.25. The van der Waals surface area contributed by atoms with E-state index in [9.17, 15) is 9.59 Å². The van der Waals surface area contributed by atoms with E-state index in [-0.39, 0.29) is 23.6 Å². The molecule has 170 valence electrons. The number of carbonyl (C=O) groups excluding carboxylic acids is 2. The minimum Gasteiger partial charge on any atom is -0.404 e. The van der Waals surface area contributed by atoms with Gasteiger partial charge < -0.3 is 16.4 Å². The van der Waals surface area contributed by atoms with E-state index in [0.717, 1.165) is 23.0 Å². The van der Waals surface area contributed by atoms with Crippen molar-refractivity contribution >= 4 is 29.1 Å². The van der Waals surface area contributed by atoms with Crippen LogP contribution in [0.2, 0.25) is 0 Å². The molecular weight excluding hydrogens is 432 g/mol. The molecule has 4 rings (SSSR count). The minimum absolute atomic E-state index is 0.0534. The van der Waals surface area contributed by atoms with Gasteiger partial charge in [0.25, 0.3) is 11.8 Å². The number of nitrogens with zero attached hydrogens (tertiary/aromatic N) is 5. The summed E-state index contributed by atoms with van der Waals surface area (Å²) in [7, 11) is 1.41. The van der Waals surface area contributed by atoms with E-state index in [4.69, 9.17) is 5.73 Å². The van der Waals surface area contributed by atoms with Gasteiger partial charge in [-0.15, -0.1) is 0 Å². The summed E-state index contributed by atoms with van der Waals surface area (Å²) in [5.74, 6) is -0.474. The molecule has 0 saturated heterocycles. The number of nitrogens with one attached hydrogen (secondary N) is 2. The maximum absolute atomic E-state index is 12.9. The third-order valence-electron chi connectivity index (χ3n) is 4.94. The van der Waals surface area contributed by atoms with Gasteiger partial charge >= 0.3 is 0 Å². The number of nitrogens with two attached hydrogens (primary N) is 1. The van der Waals surface area contributed by atoms with Gasteiger partial charge in [-0.05, 0) is 23.8 Å². The molecule has 0 saturated carbocycles. The van der Waals surface area contributed by atoms with Crippen LogP contribution < -0.4 is 16.4 Å². The molecule has 3 heterocycles. The fraction of sp³-hybridized carbons (Fsp3) is 0.0833. The van der Waals surface area contributed by atoms with Gasteiger partial charge in [0.1, 0.15) is 11.5 Å². The number of pyridine rings is 1. The molecule has 0 radical (unpaired) electrons. The van der Waals surface area contributed by atoms with E-state index in [1.165, 1.54) is 7.05 Å². The Morgan fingerprint density at radius 3 is 2.53 bits per heavy atom. The summed E-state index contributed by atoms with van der Waals surface area (Å²) in [5.41, 5.74) is 8.05. The van der Waals surface area contributed by atoms with Crippen LogP contribution in [0.3, 0.4) is 0 Å². The number of amides is 2. The number of aliphatic imine (C=N–C) groups is 1. The van der Waals surface area contributed by atoms with Crippen molar-refractivity contribution in [2.75, 3.05) is 12.4 Å². The highest BCUT2D eigenvalue weighted by atomic mass is 16.2. The lowest BCUT2D eigenvalue weighted by molar-refractivity contribution is -0.117. The Morgan fingerprint density at radius 1 is 1.06 bits per heavy atom. The summed E-state index contributed by atoms with van der Waals surface area (Å²) in [4.78, 5) is 42.4. The number of hydrogen-bond acceptors (Lipinski definition) is 7. The van der Waals surface area contributed by atoms with Gasteiger partial charge in [-0.1, -0.05) is 30.3 Å². The summed E-state index contributed by atoms with van der Waals surface area (Å²) < 4.78 is 1.75. The quantitative estimate of drug-likeness (QED) is 0.288. The van der Waals surface area contributed by atoms with Crippen LogP contribution in [0.15, 0.2) is 90.1 Å². The van der Waals surface area contributed by atoms with Crippen molar-refractivity contribution in [1.29, 1.82) is 0 Å². The first-order valence-electron chi connectivity index (χ1n) is 10.4. The predicted molar refractivity (Wildman–Crippen MR) is 129 cm³/mol. The van der Waals surface area contributed by atoms with Gasteiger partial charge in [0.15, 0.2) is 0 Å². The molecule has 0 fully saturated rings. The summed E-state index contributed by atoms with van der Waals surface area (Å²) in [5, 5.41) is 5.38. The molecule has 34 heavy (non-hydrogen) atoms. The highest BCUT2D eigenvalue weighted by molar-refractivity contribution is 6.53. The number of rotatable bonds is 7. The maximum atomic E-state index is 12.9. The van der Waals surface area contributed by atoms with E-state index in [0.29, 0.717) is 5.78 Å². The molecule has 4 N–H and O–H groups in total. The number of fused-ring (bicyclic) bond motifs is 1. The van der Waals surface area contributed by atoms with Crippen LogP contribution in [0.1, 0.15) is 5.56 Å². The molecule has 10 heteroatoms. The summed E-state index contributed by atoms with van der Waals surface area (Å²) >= 11 is 0. The van der Waals surface area contributed by atoms with Crippen LogP contribution in [0.5, 0.6) is 0 Å². The number of carbonyl (C=O) groups is 2. The van der Waals surface area contributed by atoms with Gasteiger partial charge in [0.05, 0.1) is 11.3 Å². The number of aromatic nitrogens is 4. The normalized spacial score (nSPS) is 11.9. The molecule has 0 unspecified atom stereocenters. The first-order valence-corrected chi connectivity index (χ1v) is 10.4. The Balaban J connectivity index is 1.47. The molecule has 0 bridgehead atoms. The van der Waals surface area contributed by atoms with Gasteiger partial charge in [0, 0.05) is 50.1 Å². The van der Waals surface area contributed by atoms with Crippen molar-refractivity contribution in [3.05, 3.63) is 90.7 Å². The Bertz CT molecular complexity index is 1380. The van der Waals surface area contributed by atoms with Crippen molar-refractivity contribution in [1.82, 2.24) is 24.7 Å². The summed E-state index contributed by atoms with van der Waals surface area (Å²) in [6.07, 6.45) is 7.90. The number of imidazole rings is 1. The average molecular weight is 454 g/mol. The number of benzene rings is 1. The molecule has 0 aliphatic rings. The molecule has 0 spiro atoms. The molecule has 1 aromatic carbocycles. The smallest absolute Gasteiger partial charge is 0.275 e. The molecule has 2 amide bonds. The topological polar surface area (TPSA) is 140 Å². The van der Waals surface area contributed by atoms with Crippen LogP contribution in [-0.2, 0) is 16.1 Å². The number of anilines is 1. The molecule has 4 aromatic rings. The van der Waals surface area contributed by atoms with Crippen LogP contribution in [-0.4, -0.2) is 43.9 Å². The zero-order valence-electron chi connectivity index (χ0n) is 18.3. The minimum atomic E-state index is -0.620. The summed E-state index contributed by atoms with van der Waals surface area (Å²) in [6.45, 7) is 0.249. The average Bonchev–Trinajstić information content (AvgIpc) is 3.30. The van der Waals surface area contributed by atoms with Gasteiger partial charge in [-0.25, -0.2) is 4.98 Å².